The normalized spacial score (nSPS) is 19.2. The van der Waals surface area contributed by atoms with Gasteiger partial charge in [0, 0.05) is 44.6 Å². The van der Waals surface area contributed by atoms with E-state index in [4.69, 9.17) is 14.2 Å². The van der Waals surface area contributed by atoms with Gasteiger partial charge in [0.2, 0.25) is 0 Å². The highest BCUT2D eigenvalue weighted by molar-refractivity contribution is 5.97. The maximum absolute atomic E-state index is 12.5. The molecule has 1 fully saturated rings. The molecule has 1 heterocycles. The second-order valence-corrected chi connectivity index (χ2v) is 6.54. The third-order valence-electron chi connectivity index (χ3n) is 4.15. The van der Waals surface area contributed by atoms with Gasteiger partial charge in [0.15, 0.2) is 6.61 Å². The Bertz CT molecular complexity index is 715. The monoisotopic (exact) mass is 395 g/mol. The molecule has 1 saturated heterocycles. The van der Waals surface area contributed by atoms with Crippen LogP contribution in [-0.4, -0.2) is 73.9 Å². The summed E-state index contributed by atoms with van der Waals surface area (Å²) >= 11 is 0. The first-order valence-electron chi connectivity index (χ1n) is 8.93. The van der Waals surface area contributed by atoms with Crippen LogP contribution >= 0.6 is 0 Å². The second-order valence-electron chi connectivity index (χ2n) is 6.54. The van der Waals surface area contributed by atoms with Crippen LogP contribution < -0.4 is 5.32 Å². The molecule has 1 N–H and O–H groups in total. The zero-order chi connectivity index (χ0) is 20.7. The van der Waals surface area contributed by atoms with Gasteiger partial charge >= 0.3 is 5.97 Å². The average Bonchev–Trinajstić information content (AvgIpc) is 2.65. The van der Waals surface area contributed by atoms with Gasteiger partial charge < -0.3 is 24.4 Å². The quantitative estimate of drug-likeness (QED) is 0.304. The van der Waals surface area contributed by atoms with Crippen LogP contribution in [0.25, 0.3) is 0 Å². The van der Waals surface area contributed by atoms with E-state index < -0.39 is 17.5 Å². The van der Waals surface area contributed by atoms with E-state index >= 15 is 0 Å². The van der Waals surface area contributed by atoms with Gasteiger partial charge in [-0.2, -0.15) is 0 Å². The molecule has 2 rings (SSSR count). The molecule has 28 heavy (non-hydrogen) atoms. The maximum Gasteiger partial charge on any atom is 0.341 e. The number of carbonyl (C=O) groups excluding carboxylic acids is 2. The summed E-state index contributed by atoms with van der Waals surface area (Å²) in [6.45, 7) is 4.90. The van der Waals surface area contributed by atoms with Gasteiger partial charge in [0.1, 0.15) is 0 Å². The minimum Gasteiger partial charge on any atom is -0.452 e. The Kier molecular flexibility index (Phi) is 7.70. The predicted molar refractivity (Wildman–Crippen MR) is 100 cm³/mol. The van der Waals surface area contributed by atoms with Crippen molar-refractivity contribution in [2.24, 2.45) is 0 Å². The number of carbonyl (C=O) groups is 2. The summed E-state index contributed by atoms with van der Waals surface area (Å²) < 4.78 is 15.6. The van der Waals surface area contributed by atoms with Crippen LogP contribution in [0.1, 0.15) is 24.2 Å². The highest BCUT2D eigenvalue weighted by atomic mass is 16.6. The van der Waals surface area contributed by atoms with E-state index in [-0.39, 0.29) is 29.4 Å². The predicted octanol–water partition coefficient (Wildman–Crippen LogP) is 1.45. The Balaban J connectivity index is 2.05. The number of anilines is 1. The van der Waals surface area contributed by atoms with Crippen molar-refractivity contribution in [3.63, 3.8) is 0 Å². The van der Waals surface area contributed by atoms with Gasteiger partial charge in [0.05, 0.1) is 29.3 Å². The lowest BCUT2D eigenvalue weighted by molar-refractivity contribution is -0.384. The number of rotatable bonds is 8. The minimum atomic E-state index is -0.814. The van der Waals surface area contributed by atoms with Gasteiger partial charge in [-0.1, -0.05) is 0 Å². The first kappa shape index (κ1) is 21.6. The van der Waals surface area contributed by atoms with Crippen LogP contribution in [0, 0.1) is 10.1 Å². The SMILES string of the molecule is COCCNc1ccc([N+](=O)[O-])cc1C(=O)OCC(=O)N1C[C@@H](C)O[C@@H](C)C1. The smallest absolute Gasteiger partial charge is 0.341 e. The van der Waals surface area contributed by atoms with Gasteiger partial charge in [-0.05, 0) is 19.9 Å². The van der Waals surface area contributed by atoms with E-state index in [1.807, 2.05) is 13.8 Å². The number of esters is 1. The number of methoxy groups -OCH3 is 1. The molecule has 0 radical (unpaired) electrons. The van der Waals surface area contributed by atoms with Crippen molar-refractivity contribution in [3.05, 3.63) is 33.9 Å². The number of morpholine rings is 1. The number of nitrogens with zero attached hydrogens (tertiary/aromatic N) is 2. The van der Waals surface area contributed by atoms with E-state index in [0.29, 0.717) is 31.9 Å². The molecule has 0 unspecified atom stereocenters. The second kappa shape index (κ2) is 10.00. The van der Waals surface area contributed by atoms with Crippen LogP contribution in [0.2, 0.25) is 0 Å². The number of nitro benzene ring substituents is 1. The Morgan fingerprint density at radius 2 is 2.00 bits per heavy atom. The van der Waals surface area contributed by atoms with Gasteiger partial charge in [-0.3, -0.25) is 14.9 Å². The molecule has 1 aliphatic heterocycles. The highest BCUT2D eigenvalue weighted by Gasteiger charge is 2.27. The molecule has 0 spiro atoms. The maximum atomic E-state index is 12.5. The number of ether oxygens (including phenoxy) is 3. The van der Waals surface area contributed by atoms with Crippen molar-refractivity contribution in [2.45, 2.75) is 26.1 Å². The summed E-state index contributed by atoms with van der Waals surface area (Å²) in [5.41, 5.74) is 0.113. The number of nitrogens with one attached hydrogen (secondary N) is 1. The van der Waals surface area contributed by atoms with Crippen LogP contribution in [0.5, 0.6) is 0 Å². The molecule has 0 aliphatic carbocycles. The number of nitro groups is 1. The molecule has 0 aromatic heterocycles. The third kappa shape index (κ3) is 5.89. The van der Waals surface area contributed by atoms with Crippen LogP contribution in [-0.2, 0) is 19.0 Å². The topological polar surface area (TPSA) is 120 Å². The molecule has 0 bridgehead atoms. The summed E-state index contributed by atoms with van der Waals surface area (Å²) in [5, 5.41) is 14.0. The van der Waals surface area contributed by atoms with Crippen LogP contribution in [0.3, 0.4) is 0 Å². The lowest BCUT2D eigenvalue weighted by Crippen LogP contribution is -2.49. The van der Waals surface area contributed by atoms with Gasteiger partial charge in [-0.25, -0.2) is 4.79 Å². The van der Waals surface area contributed by atoms with Crippen molar-refractivity contribution >= 4 is 23.3 Å². The van der Waals surface area contributed by atoms with E-state index in [9.17, 15) is 19.7 Å². The number of hydrogen-bond donors (Lipinski definition) is 1. The first-order valence-corrected chi connectivity index (χ1v) is 8.93. The van der Waals surface area contributed by atoms with E-state index in [1.165, 1.54) is 19.2 Å². The van der Waals surface area contributed by atoms with Crippen molar-refractivity contribution in [3.8, 4) is 0 Å². The Morgan fingerprint density at radius 3 is 2.61 bits per heavy atom. The lowest BCUT2D eigenvalue weighted by Gasteiger charge is -2.35. The third-order valence-corrected chi connectivity index (χ3v) is 4.15. The van der Waals surface area contributed by atoms with E-state index in [1.54, 1.807) is 4.90 Å². The molecular formula is C18H25N3O7. The number of non-ortho nitro benzene ring substituents is 1. The zero-order valence-electron chi connectivity index (χ0n) is 16.2. The summed E-state index contributed by atoms with van der Waals surface area (Å²) in [4.78, 5) is 36.8. The number of hydrogen-bond acceptors (Lipinski definition) is 8. The highest BCUT2D eigenvalue weighted by Crippen LogP contribution is 2.23. The van der Waals surface area contributed by atoms with Crippen molar-refractivity contribution in [2.75, 3.05) is 45.3 Å². The Hall–Kier alpha value is -2.72. The largest absolute Gasteiger partial charge is 0.452 e. The fraction of sp³-hybridized carbons (Fsp3) is 0.556. The standard InChI is InChI=1S/C18H25N3O7/c1-12-9-20(10-13(2)28-12)17(22)11-27-18(23)15-8-14(21(24)25)4-5-16(15)19-6-7-26-3/h4-5,8,12-13,19H,6-7,9-11H2,1-3H3/t12-,13+. The fourth-order valence-corrected chi connectivity index (χ4v) is 2.93. The average molecular weight is 395 g/mol. The van der Waals surface area contributed by atoms with Crippen molar-refractivity contribution < 1.29 is 28.7 Å². The Morgan fingerprint density at radius 1 is 1.32 bits per heavy atom. The summed E-state index contributed by atoms with van der Waals surface area (Å²) in [5.74, 6) is -1.15. The van der Waals surface area contributed by atoms with E-state index in [0.717, 1.165) is 6.07 Å². The Labute approximate surface area is 162 Å². The van der Waals surface area contributed by atoms with Crippen molar-refractivity contribution in [1.82, 2.24) is 4.90 Å². The molecule has 10 nitrogen and oxygen atoms in total. The lowest BCUT2D eigenvalue weighted by atomic mass is 10.1. The molecular weight excluding hydrogens is 370 g/mol. The zero-order valence-corrected chi connectivity index (χ0v) is 16.2. The van der Waals surface area contributed by atoms with Gasteiger partial charge in [-0.15, -0.1) is 0 Å². The summed E-state index contributed by atoms with van der Waals surface area (Å²) in [7, 11) is 1.53. The molecule has 2 atom stereocenters. The summed E-state index contributed by atoms with van der Waals surface area (Å²) in [6.07, 6.45) is -0.200. The first-order chi connectivity index (χ1) is 13.3. The minimum absolute atomic E-state index is 0.0122. The number of amides is 1. The van der Waals surface area contributed by atoms with Crippen molar-refractivity contribution in [1.29, 1.82) is 0 Å². The fourth-order valence-electron chi connectivity index (χ4n) is 2.93. The van der Waals surface area contributed by atoms with Crippen LogP contribution in [0.4, 0.5) is 11.4 Å². The van der Waals surface area contributed by atoms with E-state index in [2.05, 4.69) is 5.32 Å². The molecule has 1 aromatic carbocycles. The molecule has 10 heteroatoms. The molecule has 1 aliphatic rings. The van der Waals surface area contributed by atoms with Gasteiger partial charge in [0.25, 0.3) is 11.6 Å². The molecule has 1 aromatic rings. The number of benzene rings is 1. The van der Waals surface area contributed by atoms with Crippen LogP contribution in [0.15, 0.2) is 18.2 Å². The molecule has 1 amide bonds. The molecule has 154 valence electrons. The molecule has 0 saturated carbocycles. The summed E-state index contributed by atoms with van der Waals surface area (Å²) in [6, 6.07) is 3.84.